The van der Waals surface area contributed by atoms with Crippen LogP contribution in [0.5, 0.6) is 5.75 Å². The van der Waals surface area contributed by atoms with Crippen molar-refractivity contribution in [2.24, 2.45) is 11.8 Å². The lowest BCUT2D eigenvalue weighted by Crippen LogP contribution is -2.35. The van der Waals surface area contributed by atoms with Gasteiger partial charge in [0.2, 0.25) is 0 Å². The van der Waals surface area contributed by atoms with Gasteiger partial charge in [-0.2, -0.15) is 0 Å². The Kier molecular flexibility index (Phi) is 4.60. The van der Waals surface area contributed by atoms with E-state index in [-0.39, 0.29) is 11.9 Å². The summed E-state index contributed by atoms with van der Waals surface area (Å²) in [5.41, 5.74) is 2.95. The van der Waals surface area contributed by atoms with Crippen molar-refractivity contribution in [2.75, 3.05) is 26.7 Å². The molecular weight excluding hydrogens is 366 g/mol. The Balaban J connectivity index is 1.42. The number of benzene rings is 1. The molecule has 150 valence electrons. The van der Waals surface area contributed by atoms with Crippen molar-refractivity contribution in [1.82, 2.24) is 24.8 Å². The summed E-state index contributed by atoms with van der Waals surface area (Å²) in [5, 5.41) is 0. The summed E-state index contributed by atoms with van der Waals surface area (Å²) in [5.74, 6) is 1.78. The third-order valence-corrected chi connectivity index (χ3v) is 6.24. The first-order valence-corrected chi connectivity index (χ1v) is 10.0. The van der Waals surface area contributed by atoms with Crippen LogP contribution in [0.1, 0.15) is 27.8 Å². The molecule has 0 spiro atoms. The zero-order valence-electron chi connectivity index (χ0n) is 16.4. The zero-order chi connectivity index (χ0) is 19.8. The van der Waals surface area contributed by atoms with Gasteiger partial charge in [-0.3, -0.25) is 9.69 Å². The van der Waals surface area contributed by atoms with Crippen LogP contribution >= 0.6 is 0 Å². The predicted molar refractivity (Wildman–Crippen MR) is 108 cm³/mol. The van der Waals surface area contributed by atoms with E-state index < -0.39 is 0 Å². The first-order valence-electron chi connectivity index (χ1n) is 10.0. The monoisotopic (exact) mass is 391 g/mol. The number of amides is 1. The number of aromatic nitrogens is 3. The highest BCUT2D eigenvalue weighted by atomic mass is 16.5. The summed E-state index contributed by atoms with van der Waals surface area (Å²) in [6.45, 7) is 3.60. The number of rotatable bonds is 5. The molecule has 0 radical (unpaired) electrons. The van der Waals surface area contributed by atoms with Crippen LogP contribution in [0, 0.1) is 11.8 Å². The maximum Gasteiger partial charge on any atom is 0.270 e. The van der Waals surface area contributed by atoms with Crippen LogP contribution < -0.4 is 4.74 Å². The van der Waals surface area contributed by atoms with E-state index in [0.29, 0.717) is 17.5 Å². The third-order valence-electron chi connectivity index (χ3n) is 6.24. The van der Waals surface area contributed by atoms with E-state index in [4.69, 9.17) is 4.74 Å². The van der Waals surface area contributed by atoms with Crippen molar-refractivity contribution in [3.63, 3.8) is 0 Å². The highest BCUT2D eigenvalue weighted by Crippen LogP contribution is 2.46. The molecule has 2 saturated heterocycles. The molecule has 7 heteroatoms. The van der Waals surface area contributed by atoms with Crippen molar-refractivity contribution in [3.8, 4) is 5.75 Å². The SMILES string of the molecule is COc1ccc([C@H]2[C@H]3CN(Cc4cnc[nH]4)C[C@H]3CN2C(=O)c2ccc[nH]2)cc1. The minimum Gasteiger partial charge on any atom is -0.497 e. The molecule has 3 aromatic rings. The van der Waals surface area contributed by atoms with Crippen LogP contribution in [-0.2, 0) is 6.54 Å². The summed E-state index contributed by atoms with van der Waals surface area (Å²) in [6, 6.07) is 11.9. The van der Waals surface area contributed by atoms with Crippen molar-refractivity contribution >= 4 is 5.91 Å². The van der Waals surface area contributed by atoms with Crippen LogP contribution in [-0.4, -0.2) is 57.4 Å². The van der Waals surface area contributed by atoms with E-state index in [1.54, 1.807) is 19.6 Å². The first kappa shape index (κ1) is 18.0. The Labute approximate surface area is 169 Å². The number of ether oxygens (including phenoxy) is 1. The summed E-state index contributed by atoms with van der Waals surface area (Å²) >= 11 is 0. The number of hydrogen-bond acceptors (Lipinski definition) is 4. The van der Waals surface area contributed by atoms with E-state index in [1.807, 2.05) is 30.5 Å². The van der Waals surface area contributed by atoms with Gasteiger partial charge in [-0.25, -0.2) is 4.98 Å². The van der Waals surface area contributed by atoms with Crippen LogP contribution in [0.25, 0.3) is 0 Å². The Morgan fingerprint density at radius 1 is 1.17 bits per heavy atom. The Morgan fingerprint density at radius 3 is 2.72 bits per heavy atom. The van der Waals surface area contributed by atoms with Crippen molar-refractivity contribution in [2.45, 2.75) is 12.6 Å². The van der Waals surface area contributed by atoms with E-state index in [0.717, 1.165) is 37.6 Å². The normalized spacial score (nSPS) is 24.0. The Hall–Kier alpha value is -3.06. The molecule has 2 aromatic heterocycles. The standard InChI is InChI=1S/C22H25N5O2/c1-29-18-6-4-15(5-7-18)21-19-13-26(12-17-9-23-14-25-17)10-16(19)11-27(21)22(28)20-3-2-8-24-20/h2-9,14,16,19,21,24H,10-13H2,1H3,(H,23,25)/t16-,19-,21-/m0/s1. The lowest BCUT2D eigenvalue weighted by molar-refractivity contribution is 0.0694. The van der Waals surface area contributed by atoms with Gasteiger partial charge in [0.15, 0.2) is 0 Å². The molecule has 5 rings (SSSR count). The number of H-pyrrole nitrogens is 2. The van der Waals surface area contributed by atoms with E-state index >= 15 is 0 Å². The fourth-order valence-electron chi connectivity index (χ4n) is 4.93. The van der Waals surface area contributed by atoms with E-state index in [9.17, 15) is 4.79 Å². The highest BCUT2D eigenvalue weighted by Gasteiger charge is 2.49. The molecule has 0 bridgehead atoms. The van der Waals surface area contributed by atoms with Crippen LogP contribution in [0.2, 0.25) is 0 Å². The van der Waals surface area contributed by atoms with Crippen LogP contribution in [0.3, 0.4) is 0 Å². The average Bonchev–Trinajstić information content (AvgIpc) is 3.52. The second-order valence-electron chi connectivity index (χ2n) is 7.95. The van der Waals surface area contributed by atoms with Gasteiger partial charge < -0.3 is 19.6 Å². The minimum absolute atomic E-state index is 0.0634. The number of methoxy groups -OCH3 is 1. The Morgan fingerprint density at radius 2 is 2.03 bits per heavy atom. The molecule has 1 amide bonds. The lowest BCUT2D eigenvalue weighted by atomic mass is 9.89. The smallest absolute Gasteiger partial charge is 0.270 e. The molecule has 29 heavy (non-hydrogen) atoms. The molecule has 3 atom stereocenters. The molecule has 2 N–H and O–H groups in total. The Bertz CT molecular complexity index is 952. The number of nitrogens with one attached hydrogen (secondary N) is 2. The second kappa shape index (κ2) is 7.40. The van der Waals surface area contributed by atoms with Crippen LogP contribution in [0.15, 0.2) is 55.1 Å². The van der Waals surface area contributed by atoms with Crippen LogP contribution in [0.4, 0.5) is 0 Å². The molecule has 0 saturated carbocycles. The predicted octanol–water partition coefficient (Wildman–Crippen LogP) is 2.69. The fraction of sp³-hybridized carbons (Fsp3) is 0.364. The number of carbonyl (C=O) groups excluding carboxylic acids is 1. The van der Waals surface area contributed by atoms with Gasteiger partial charge >= 0.3 is 0 Å². The van der Waals surface area contributed by atoms with Gasteiger partial charge in [-0.1, -0.05) is 12.1 Å². The highest BCUT2D eigenvalue weighted by molar-refractivity contribution is 5.93. The molecule has 2 fully saturated rings. The van der Waals surface area contributed by atoms with Crippen molar-refractivity contribution < 1.29 is 9.53 Å². The minimum atomic E-state index is 0.0634. The average molecular weight is 391 g/mol. The zero-order valence-corrected chi connectivity index (χ0v) is 16.4. The number of aromatic amines is 2. The lowest BCUT2D eigenvalue weighted by Gasteiger charge is -2.29. The summed E-state index contributed by atoms with van der Waals surface area (Å²) in [7, 11) is 1.67. The fourth-order valence-corrected chi connectivity index (χ4v) is 4.93. The van der Waals surface area contributed by atoms with Gasteiger partial charge in [0.05, 0.1) is 19.5 Å². The molecule has 1 aromatic carbocycles. The number of fused-ring (bicyclic) bond motifs is 1. The van der Waals surface area contributed by atoms with Crippen molar-refractivity contribution in [3.05, 3.63) is 72.1 Å². The van der Waals surface area contributed by atoms with Gasteiger partial charge in [0, 0.05) is 50.2 Å². The molecule has 2 aliphatic rings. The number of carbonyl (C=O) groups is 1. The second-order valence-corrected chi connectivity index (χ2v) is 7.95. The van der Waals surface area contributed by atoms with Crippen molar-refractivity contribution in [1.29, 1.82) is 0 Å². The summed E-state index contributed by atoms with van der Waals surface area (Å²) in [4.78, 5) is 28.1. The molecule has 4 heterocycles. The van der Waals surface area contributed by atoms with E-state index in [1.165, 1.54) is 5.56 Å². The van der Waals surface area contributed by atoms with E-state index in [2.05, 4.69) is 36.9 Å². The van der Waals surface area contributed by atoms with Gasteiger partial charge in [0.25, 0.3) is 5.91 Å². The number of likely N-dealkylation sites (tertiary alicyclic amines) is 2. The van der Waals surface area contributed by atoms with Gasteiger partial charge in [-0.05, 0) is 35.7 Å². The van der Waals surface area contributed by atoms with Gasteiger partial charge in [0.1, 0.15) is 11.4 Å². The number of imidazole rings is 1. The first-order chi connectivity index (χ1) is 14.2. The summed E-state index contributed by atoms with van der Waals surface area (Å²) < 4.78 is 5.32. The quantitative estimate of drug-likeness (QED) is 0.701. The maximum atomic E-state index is 13.2. The molecular formula is C22H25N5O2. The topological polar surface area (TPSA) is 77.2 Å². The molecule has 2 aliphatic heterocycles. The van der Waals surface area contributed by atoms with Gasteiger partial charge in [-0.15, -0.1) is 0 Å². The maximum absolute atomic E-state index is 13.2. The molecule has 0 unspecified atom stereocenters. The molecule has 0 aliphatic carbocycles. The summed E-state index contributed by atoms with van der Waals surface area (Å²) in [6.07, 6.45) is 5.41. The third kappa shape index (κ3) is 3.31. The largest absolute Gasteiger partial charge is 0.497 e. The molecule has 7 nitrogen and oxygen atoms in total. The number of nitrogens with zero attached hydrogens (tertiary/aromatic N) is 3. The number of hydrogen-bond donors (Lipinski definition) is 2.